The van der Waals surface area contributed by atoms with E-state index >= 15 is 0 Å². The molecule has 78 valence electrons. The molecule has 0 heterocycles. The third kappa shape index (κ3) is 2.82. The third-order valence-electron chi connectivity index (χ3n) is 1.75. The molecule has 0 aliphatic heterocycles. The second kappa shape index (κ2) is 5.90. The van der Waals surface area contributed by atoms with Gasteiger partial charge in [-0.3, -0.25) is 10.8 Å². The maximum absolute atomic E-state index is 7.62. The molecule has 4 nitrogen and oxygen atoms in total. The summed E-state index contributed by atoms with van der Waals surface area (Å²) in [6.07, 6.45) is 0. The molecule has 2 N–H and O–H groups in total. The number of amidine groups is 2. The van der Waals surface area contributed by atoms with Crippen molar-refractivity contribution in [2.24, 2.45) is 9.98 Å². The Morgan fingerprint density at radius 2 is 1.31 bits per heavy atom. The summed E-state index contributed by atoms with van der Waals surface area (Å²) in [7, 11) is 0. The number of thiocarbonyl (C=S) groups is 2. The van der Waals surface area contributed by atoms with Crippen LogP contribution in [0.3, 0.4) is 0 Å². The molecule has 0 saturated carbocycles. The van der Waals surface area contributed by atoms with Gasteiger partial charge in [-0.15, -0.1) is 0 Å². The Labute approximate surface area is 103 Å². The van der Waals surface area contributed by atoms with Crippen LogP contribution in [-0.2, 0) is 0 Å². The number of nitrogens with one attached hydrogen (secondary N) is 2. The van der Waals surface area contributed by atoms with Crippen molar-refractivity contribution >= 4 is 46.4 Å². The van der Waals surface area contributed by atoms with Crippen molar-refractivity contribution in [1.82, 2.24) is 0 Å². The van der Waals surface area contributed by atoms with Crippen LogP contribution in [0.1, 0.15) is 11.1 Å². The lowest BCUT2D eigenvalue weighted by Crippen LogP contribution is -2.05. The van der Waals surface area contributed by atoms with Crippen molar-refractivity contribution in [3.05, 3.63) is 35.4 Å². The zero-order valence-corrected chi connectivity index (χ0v) is 9.65. The Kier molecular flexibility index (Phi) is 4.51. The smallest absolute Gasteiger partial charge is 0.163 e. The molecule has 0 radical (unpaired) electrons. The summed E-state index contributed by atoms with van der Waals surface area (Å²) in [5.41, 5.74) is 0.915. The molecular weight excluding hydrogens is 240 g/mol. The Balaban J connectivity index is 3.30. The number of rotatable bonds is 2. The van der Waals surface area contributed by atoms with Gasteiger partial charge in [0, 0.05) is 11.1 Å². The molecule has 6 heteroatoms. The van der Waals surface area contributed by atoms with Gasteiger partial charge in [-0.2, -0.15) is 9.98 Å². The van der Waals surface area contributed by atoms with Gasteiger partial charge < -0.3 is 0 Å². The molecule has 0 bridgehead atoms. The first-order valence-electron chi connectivity index (χ1n) is 4.13. The maximum Gasteiger partial charge on any atom is 0.163 e. The third-order valence-corrected chi connectivity index (χ3v) is 1.93. The van der Waals surface area contributed by atoms with Crippen LogP contribution in [0.15, 0.2) is 34.3 Å². The van der Waals surface area contributed by atoms with Gasteiger partial charge in [0.1, 0.15) is 0 Å². The number of nitrogens with zero attached hydrogens (tertiary/aromatic N) is 2. The summed E-state index contributed by atoms with van der Waals surface area (Å²) in [5.74, 6) is -0.121. The molecule has 0 unspecified atom stereocenters. The quantitative estimate of drug-likeness (QED) is 0.478. The summed E-state index contributed by atoms with van der Waals surface area (Å²) >= 11 is 8.85. The first-order chi connectivity index (χ1) is 7.70. The molecule has 0 aromatic heterocycles. The Morgan fingerprint density at radius 1 is 0.938 bits per heavy atom. The highest BCUT2D eigenvalue weighted by Gasteiger charge is 2.09. The van der Waals surface area contributed by atoms with E-state index in [9.17, 15) is 0 Å². The maximum atomic E-state index is 7.62. The lowest BCUT2D eigenvalue weighted by Gasteiger charge is -2.03. The van der Waals surface area contributed by atoms with Crippen LogP contribution in [0.2, 0.25) is 0 Å². The monoisotopic (exact) mass is 246 g/mol. The summed E-state index contributed by atoms with van der Waals surface area (Å²) in [4.78, 5) is 7.12. The molecule has 1 aromatic carbocycles. The first kappa shape index (κ1) is 12.2. The molecule has 1 rings (SSSR count). The lowest BCUT2D eigenvalue weighted by atomic mass is 10.1. The molecule has 0 atom stereocenters. The number of isothiocyanates is 2. The summed E-state index contributed by atoms with van der Waals surface area (Å²) < 4.78 is 0. The van der Waals surface area contributed by atoms with Crippen LogP contribution in [-0.4, -0.2) is 22.0 Å². The fraction of sp³-hybridized carbons (Fsp3) is 0. The number of aliphatic imine (C=N–C) groups is 2. The first-order valence-corrected chi connectivity index (χ1v) is 4.95. The normalized spacial score (nSPS) is 8.50. The molecule has 0 aliphatic rings. The molecule has 16 heavy (non-hydrogen) atoms. The van der Waals surface area contributed by atoms with E-state index in [-0.39, 0.29) is 11.7 Å². The van der Waals surface area contributed by atoms with Gasteiger partial charge in [-0.05, 0) is 24.4 Å². The fourth-order valence-corrected chi connectivity index (χ4v) is 1.29. The van der Waals surface area contributed by atoms with Crippen molar-refractivity contribution in [2.45, 2.75) is 0 Å². The molecule has 0 saturated heterocycles. The molecule has 0 spiro atoms. The van der Waals surface area contributed by atoms with E-state index < -0.39 is 0 Å². The van der Waals surface area contributed by atoms with Crippen molar-refractivity contribution in [3.63, 3.8) is 0 Å². The van der Waals surface area contributed by atoms with Crippen molar-refractivity contribution < 1.29 is 0 Å². The number of hydrogen-bond acceptors (Lipinski definition) is 4. The Morgan fingerprint density at radius 3 is 1.62 bits per heavy atom. The second-order valence-corrected chi connectivity index (χ2v) is 3.01. The van der Waals surface area contributed by atoms with E-state index in [0.717, 1.165) is 0 Å². The van der Waals surface area contributed by atoms with Crippen LogP contribution in [0, 0.1) is 10.8 Å². The van der Waals surface area contributed by atoms with Crippen LogP contribution >= 0.6 is 24.4 Å². The summed E-state index contributed by atoms with van der Waals surface area (Å²) in [6.45, 7) is 0. The topological polar surface area (TPSA) is 72.4 Å². The highest BCUT2D eigenvalue weighted by Crippen LogP contribution is 2.11. The van der Waals surface area contributed by atoms with E-state index in [0.29, 0.717) is 11.1 Å². The van der Waals surface area contributed by atoms with E-state index in [1.807, 2.05) is 0 Å². The van der Waals surface area contributed by atoms with Gasteiger partial charge in [-0.1, -0.05) is 24.3 Å². The molecular formula is C10H6N4S2. The second-order valence-electron chi connectivity index (χ2n) is 2.65. The van der Waals surface area contributed by atoms with Crippen LogP contribution in [0.5, 0.6) is 0 Å². The zero-order chi connectivity index (χ0) is 12.0. The van der Waals surface area contributed by atoms with Crippen LogP contribution < -0.4 is 0 Å². The molecule has 1 aromatic rings. The van der Waals surface area contributed by atoms with Gasteiger partial charge in [0.25, 0.3) is 0 Å². The van der Waals surface area contributed by atoms with Gasteiger partial charge in [0.15, 0.2) is 11.7 Å². The standard InChI is InChI=1S/C10H6N4S2/c11-9(13-5-15)7-3-1-2-4-8(7)10(12)14-6-16/h1-4,11-12H. The molecule has 0 amide bonds. The highest BCUT2D eigenvalue weighted by atomic mass is 32.1. The average Bonchev–Trinajstić information content (AvgIpc) is 2.30. The predicted molar refractivity (Wildman–Crippen MR) is 70.2 cm³/mol. The summed E-state index contributed by atoms with van der Waals surface area (Å²) in [5, 5.41) is 19.5. The number of hydrogen-bond donors (Lipinski definition) is 2. The van der Waals surface area contributed by atoms with E-state index in [1.54, 1.807) is 24.3 Å². The van der Waals surface area contributed by atoms with Gasteiger partial charge >= 0.3 is 0 Å². The van der Waals surface area contributed by atoms with Crippen LogP contribution in [0.4, 0.5) is 0 Å². The minimum absolute atomic E-state index is 0.0603. The Bertz CT molecular complexity index is 489. The molecule has 0 aliphatic carbocycles. The van der Waals surface area contributed by atoms with Gasteiger partial charge in [0.05, 0.1) is 10.3 Å². The van der Waals surface area contributed by atoms with Crippen LogP contribution in [0.25, 0.3) is 0 Å². The van der Waals surface area contributed by atoms with E-state index in [2.05, 4.69) is 44.7 Å². The SMILES string of the molecule is N=C(N=C=S)c1ccccc1C(=N)N=C=S. The predicted octanol–water partition coefficient (Wildman–Crippen LogP) is 2.54. The Hall–Kier alpha value is -1.84. The minimum Gasteiger partial charge on any atom is -0.282 e. The summed E-state index contributed by atoms with van der Waals surface area (Å²) in [6, 6.07) is 6.78. The van der Waals surface area contributed by atoms with E-state index in [1.165, 1.54) is 0 Å². The van der Waals surface area contributed by atoms with Gasteiger partial charge in [-0.25, -0.2) is 0 Å². The average molecular weight is 246 g/mol. The molecule has 0 fully saturated rings. The fourth-order valence-electron chi connectivity index (χ4n) is 1.11. The zero-order valence-electron chi connectivity index (χ0n) is 8.02. The largest absolute Gasteiger partial charge is 0.282 e. The lowest BCUT2D eigenvalue weighted by molar-refractivity contribution is 1.38. The van der Waals surface area contributed by atoms with Gasteiger partial charge in [0.2, 0.25) is 0 Å². The van der Waals surface area contributed by atoms with Crippen molar-refractivity contribution in [1.29, 1.82) is 10.8 Å². The van der Waals surface area contributed by atoms with Crippen molar-refractivity contribution in [3.8, 4) is 0 Å². The van der Waals surface area contributed by atoms with Crippen molar-refractivity contribution in [2.75, 3.05) is 0 Å². The van der Waals surface area contributed by atoms with E-state index in [4.69, 9.17) is 10.8 Å². The minimum atomic E-state index is -0.0603. The highest BCUT2D eigenvalue weighted by molar-refractivity contribution is 7.78. The number of benzene rings is 1.